The van der Waals surface area contributed by atoms with Gasteiger partial charge in [-0.05, 0) is 23.6 Å². The molecule has 0 radical (unpaired) electrons. The van der Waals surface area contributed by atoms with Gasteiger partial charge < -0.3 is 4.74 Å². The van der Waals surface area contributed by atoms with Crippen molar-refractivity contribution in [1.82, 2.24) is 9.97 Å². The van der Waals surface area contributed by atoms with Crippen LogP contribution in [0.5, 0.6) is 11.6 Å². The molecule has 0 bridgehead atoms. The summed E-state index contributed by atoms with van der Waals surface area (Å²) in [4.78, 5) is 9.79. The minimum Gasteiger partial charge on any atom is -0.437 e. The van der Waals surface area contributed by atoms with Crippen molar-refractivity contribution in [3.8, 4) is 17.7 Å². The Balaban J connectivity index is 2.10. The average Bonchev–Trinajstić information content (AvgIpc) is 2.96. The molecule has 2 heterocycles. The van der Waals surface area contributed by atoms with Gasteiger partial charge >= 0.3 is 0 Å². The number of para-hydroxylation sites is 1. The Hall–Kier alpha value is -2.45. The second-order valence-corrected chi connectivity index (χ2v) is 5.04. The molecule has 20 heavy (non-hydrogen) atoms. The number of rotatable bonds is 3. The molecule has 0 saturated carbocycles. The second-order valence-electron chi connectivity index (χ2n) is 4.15. The van der Waals surface area contributed by atoms with E-state index in [-0.39, 0.29) is 0 Å². The van der Waals surface area contributed by atoms with Crippen molar-refractivity contribution in [2.24, 2.45) is 0 Å². The van der Waals surface area contributed by atoms with Gasteiger partial charge in [0.2, 0.25) is 5.88 Å². The van der Waals surface area contributed by atoms with Gasteiger partial charge in [-0.2, -0.15) is 10.2 Å². The molecule has 0 N–H and O–H groups in total. The Morgan fingerprint density at radius 1 is 1.25 bits per heavy atom. The minimum absolute atomic E-state index is 0.493. The monoisotopic (exact) mass is 281 g/mol. The van der Waals surface area contributed by atoms with Crippen LogP contribution in [0.25, 0.3) is 10.2 Å². The fourth-order valence-electron chi connectivity index (χ4n) is 1.86. The lowest BCUT2D eigenvalue weighted by Crippen LogP contribution is -1.97. The van der Waals surface area contributed by atoms with Crippen molar-refractivity contribution in [3.63, 3.8) is 0 Å². The fourth-order valence-corrected chi connectivity index (χ4v) is 2.63. The van der Waals surface area contributed by atoms with Crippen molar-refractivity contribution in [2.75, 3.05) is 0 Å². The predicted octanol–water partition coefficient (Wildman–Crippen LogP) is 3.92. The first-order valence-corrected chi connectivity index (χ1v) is 7.11. The number of aryl methyl sites for hydroxylation is 1. The smallest absolute Gasteiger partial charge is 0.231 e. The van der Waals surface area contributed by atoms with Crippen LogP contribution in [0.1, 0.15) is 18.3 Å². The summed E-state index contributed by atoms with van der Waals surface area (Å²) in [5.41, 5.74) is 0.493. The van der Waals surface area contributed by atoms with Crippen molar-refractivity contribution in [2.45, 2.75) is 13.3 Å². The summed E-state index contributed by atoms with van der Waals surface area (Å²) >= 11 is 1.56. The standard InChI is InChI=1S/C15H11N3OS/c1-2-13-17-14(11-7-8-20-15(11)18-13)19-12-6-4-3-5-10(12)9-16/h3-8H,2H2,1H3. The number of ether oxygens (including phenoxy) is 1. The van der Waals surface area contributed by atoms with Crippen LogP contribution in [0.3, 0.4) is 0 Å². The van der Waals surface area contributed by atoms with Crippen molar-refractivity contribution < 1.29 is 4.74 Å². The van der Waals surface area contributed by atoms with Gasteiger partial charge in [-0.1, -0.05) is 19.1 Å². The number of hydrogen-bond acceptors (Lipinski definition) is 5. The summed E-state index contributed by atoms with van der Waals surface area (Å²) in [6, 6.07) is 11.2. The number of nitrogens with zero attached hydrogens (tertiary/aromatic N) is 3. The van der Waals surface area contributed by atoms with Crippen LogP contribution >= 0.6 is 11.3 Å². The first kappa shape index (κ1) is 12.6. The number of hydrogen-bond donors (Lipinski definition) is 0. The number of aromatic nitrogens is 2. The zero-order valence-electron chi connectivity index (χ0n) is 10.8. The molecule has 5 heteroatoms. The lowest BCUT2D eigenvalue weighted by Gasteiger charge is -2.08. The van der Waals surface area contributed by atoms with Gasteiger partial charge in [0.05, 0.1) is 10.9 Å². The SMILES string of the molecule is CCc1nc(Oc2ccccc2C#N)c2ccsc2n1. The fraction of sp³-hybridized carbons (Fsp3) is 0.133. The van der Waals surface area contributed by atoms with E-state index in [9.17, 15) is 0 Å². The van der Waals surface area contributed by atoms with Gasteiger partial charge in [0.15, 0.2) is 0 Å². The second kappa shape index (κ2) is 5.27. The lowest BCUT2D eigenvalue weighted by atomic mass is 10.2. The van der Waals surface area contributed by atoms with Crippen LogP contribution in [0.15, 0.2) is 35.7 Å². The molecular weight excluding hydrogens is 270 g/mol. The maximum Gasteiger partial charge on any atom is 0.231 e. The van der Waals surface area contributed by atoms with Crippen molar-refractivity contribution >= 4 is 21.6 Å². The molecule has 0 saturated heterocycles. The Kier molecular flexibility index (Phi) is 3.32. The van der Waals surface area contributed by atoms with Gasteiger partial charge in [0.25, 0.3) is 0 Å². The zero-order chi connectivity index (χ0) is 13.9. The zero-order valence-corrected chi connectivity index (χ0v) is 11.6. The van der Waals surface area contributed by atoms with Crippen LogP contribution in [0.2, 0.25) is 0 Å². The van der Waals surface area contributed by atoms with Gasteiger partial charge in [0, 0.05) is 6.42 Å². The van der Waals surface area contributed by atoms with Crippen molar-refractivity contribution in [1.29, 1.82) is 5.26 Å². The number of nitriles is 1. The summed E-state index contributed by atoms with van der Waals surface area (Å²) in [5.74, 6) is 1.77. The summed E-state index contributed by atoms with van der Waals surface area (Å²) in [5, 5.41) is 11.9. The largest absolute Gasteiger partial charge is 0.437 e. The molecule has 3 rings (SSSR count). The van der Waals surface area contributed by atoms with Crippen molar-refractivity contribution in [3.05, 3.63) is 47.1 Å². The third-order valence-corrected chi connectivity index (χ3v) is 3.67. The Morgan fingerprint density at radius 2 is 2.10 bits per heavy atom. The van der Waals surface area contributed by atoms with E-state index in [1.54, 1.807) is 23.5 Å². The van der Waals surface area contributed by atoms with E-state index >= 15 is 0 Å². The van der Waals surface area contributed by atoms with Crippen LogP contribution in [0.4, 0.5) is 0 Å². The van der Waals surface area contributed by atoms with E-state index in [0.29, 0.717) is 17.2 Å². The molecule has 1 aromatic carbocycles. The Labute approximate surface area is 120 Å². The molecule has 4 nitrogen and oxygen atoms in total. The molecule has 0 aliphatic rings. The van der Waals surface area contributed by atoms with Crippen LogP contribution < -0.4 is 4.74 Å². The van der Waals surface area contributed by atoms with E-state index in [1.165, 1.54) is 0 Å². The molecular formula is C15H11N3OS. The first-order valence-electron chi connectivity index (χ1n) is 6.23. The van der Waals surface area contributed by atoms with E-state index < -0.39 is 0 Å². The quantitative estimate of drug-likeness (QED) is 0.730. The van der Waals surface area contributed by atoms with E-state index in [4.69, 9.17) is 10.00 Å². The average molecular weight is 281 g/mol. The summed E-state index contributed by atoms with van der Waals surface area (Å²) < 4.78 is 5.85. The lowest BCUT2D eigenvalue weighted by molar-refractivity contribution is 0.464. The number of fused-ring (bicyclic) bond motifs is 1. The van der Waals surface area contributed by atoms with Crippen LogP contribution in [-0.4, -0.2) is 9.97 Å². The first-order chi connectivity index (χ1) is 9.81. The highest BCUT2D eigenvalue weighted by Crippen LogP contribution is 2.31. The van der Waals surface area contributed by atoms with E-state index in [0.717, 1.165) is 22.5 Å². The molecule has 0 amide bonds. The summed E-state index contributed by atoms with van der Waals surface area (Å²) in [6.45, 7) is 2.00. The topological polar surface area (TPSA) is 58.8 Å². The normalized spacial score (nSPS) is 10.4. The van der Waals surface area contributed by atoms with Crippen LogP contribution in [-0.2, 0) is 6.42 Å². The highest BCUT2D eigenvalue weighted by molar-refractivity contribution is 7.16. The molecule has 3 aromatic rings. The highest BCUT2D eigenvalue weighted by Gasteiger charge is 2.12. The molecule has 0 unspecified atom stereocenters. The maximum atomic E-state index is 9.11. The van der Waals surface area contributed by atoms with Gasteiger partial charge in [0.1, 0.15) is 22.5 Å². The third kappa shape index (κ3) is 2.22. The number of thiophene rings is 1. The maximum absolute atomic E-state index is 9.11. The van der Waals surface area contributed by atoms with Gasteiger partial charge in [-0.3, -0.25) is 0 Å². The molecule has 0 aliphatic carbocycles. The van der Waals surface area contributed by atoms with Crippen LogP contribution in [0, 0.1) is 11.3 Å². The molecule has 0 aliphatic heterocycles. The van der Waals surface area contributed by atoms with E-state index in [2.05, 4.69) is 16.0 Å². The van der Waals surface area contributed by atoms with E-state index in [1.807, 2.05) is 30.5 Å². The van der Waals surface area contributed by atoms with Gasteiger partial charge in [-0.15, -0.1) is 11.3 Å². The minimum atomic E-state index is 0.493. The molecule has 0 fully saturated rings. The molecule has 0 atom stereocenters. The molecule has 0 spiro atoms. The molecule has 2 aromatic heterocycles. The Bertz CT molecular complexity index is 804. The third-order valence-electron chi connectivity index (χ3n) is 2.87. The summed E-state index contributed by atoms with van der Waals surface area (Å²) in [6.07, 6.45) is 0.740. The number of benzene rings is 1. The summed E-state index contributed by atoms with van der Waals surface area (Å²) in [7, 11) is 0. The predicted molar refractivity (Wildman–Crippen MR) is 78.0 cm³/mol. The van der Waals surface area contributed by atoms with Gasteiger partial charge in [-0.25, -0.2) is 4.98 Å². The highest BCUT2D eigenvalue weighted by atomic mass is 32.1. The molecule has 98 valence electrons. The Morgan fingerprint density at radius 3 is 2.90 bits per heavy atom.